The van der Waals surface area contributed by atoms with Crippen LogP contribution in [0, 0.1) is 0 Å². The van der Waals surface area contributed by atoms with Gasteiger partial charge in [0.05, 0.1) is 0 Å². The summed E-state index contributed by atoms with van der Waals surface area (Å²) in [4.78, 5) is 4.15. The second-order valence-corrected chi connectivity index (χ2v) is 3.70. The molecule has 0 aliphatic rings. The van der Waals surface area contributed by atoms with Crippen LogP contribution in [0.4, 0.5) is 0 Å². The van der Waals surface area contributed by atoms with E-state index >= 15 is 0 Å². The molecule has 1 rings (SSSR count). The molecule has 1 aromatic rings. The Labute approximate surface area is 92.6 Å². The third kappa shape index (κ3) is 3.05. The Bertz CT molecular complexity index is 386. The van der Waals surface area contributed by atoms with Crippen molar-refractivity contribution in [3.8, 4) is 0 Å². The third-order valence-electron chi connectivity index (χ3n) is 2.60. The SMILES string of the molecule is CCc1ccccc1/C(C)=C/C(C)=NC. The van der Waals surface area contributed by atoms with E-state index in [1.807, 2.05) is 14.0 Å². The molecule has 15 heavy (non-hydrogen) atoms. The van der Waals surface area contributed by atoms with Gasteiger partial charge in [-0.15, -0.1) is 0 Å². The summed E-state index contributed by atoms with van der Waals surface area (Å²) in [6.45, 7) is 6.36. The average Bonchev–Trinajstić information content (AvgIpc) is 2.28. The fourth-order valence-electron chi connectivity index (χ4n) is 1.67. The maximum atomic E-state index is 4.15. The lowest BCUT2D eigenvalue weighted by molar-refractivity contribution is 1.13. The summed E-state index contributed by atoms with van der Waals surface area (Å²) in [7, 11) is 1.82. The van der Waals surface area contributed by atoms with Gasteiger partial charge in [-0.1, -0.05) is 31.2 Å². The minimum Gasteiger partial charge on any atom is -0.293 e. The highest BCUT2D eigenvalue weighted by Gasteiger charge is 2.01. The van der Waals surface area contributed by atoms with Crippen LogP contribution in [-0.2, 0) is 6.42 Å². The zero-order valence-corrected chi connectivity index (χ0v) is 10.0. The molecule has 0 bridgehead atoms. The number of rotatable bonds is 3. The van der Waals surface area contributed by atoms with E-state index in [0.717, 1.165) is 12.1 Å². The summed E-state index contributed by atoms with van der Waals surface area (Å²) in [5.74, 6) is 0. The molecule has 1 aromatic carbocycles. The van der Waals surface area contributed by atoms with Crippen molar-refractivity contribution >= 4 is 11.3 Å². The van der Waals surface area contributed by atoms with Gasteiger partial charge in [-0.05, 0) is 43.0 Å². The molecule has 0 aromatic heterocycles. The monoisotopic (exact) mass is 201 g/mol. The maximum Gasteiger partial charge on any atom is 0.0316 e. The molecule has 0 spiro atoms. The van der Waals surface area contributed by atoms with Crippen molar-refractivity contribution in [3.63, 3.8) is 0 Å². The Morgan fingerprint density at radius 2 is 1.93 bits per heavy atom. The van der Waals surface area contributed by atoms with Crippen LogP contribution in [0.3, 0.4) is 0 Å². The number of hydrogen-bond acceptors (Lipinski definition) is 1. The van der Waals surface area contributed by atoms with Gasteiger partial charge < -0.3 is 0 Å². The van der Waals surface area contributed by atoms with Crippen molar-refractivity contribution in [1.29, 1.82) is 0 Å². The van der Waals surface area contributed by atoms with Gasteiger partial charge in [0, 0.05) is 12.8 Å². The van der Waals surface area contributed by atoms with E-state index in [1.165, 1.54) is 16.7 Å². The fourth-order valence-corrected chi connectivity index (χ4v) is 1.67. The maximum absolute atomic E-state index is 4.15. The minimum atomic E-state index is 1.07. The predicted molar refractivity (Wildman–Crippen MR) is 68.5 cm³/mol. The number of benzene rings is 1. The van der Waals surface area contributed by atoms with Crippen LogP contribution in [0.1, 0.15) is 31.9 Å². The van der Waals surface area contributed by atoms with Gasteiger partial charge in [0.2, 0.25) is 0 Å². The first-order valence-electron chi connectivity index (χ1n) is 5.39. The van der Waals surface area contributed by atoms with Gasteiger partial charge in [-0.2, -0.15) is 0 Å². The van der Waals surface area contributed by atoms with E-state index in [1.54, 1.807) is 0 Å². The van der Waals surface area contributed by atoms with Crippen LogP contribution in [-0.4, -0.2) is 12.8 Å². The van der Waals surface area contributed by atoms with Crippen LogP contribution in [0.25, 0.3) is 5.57 Å². The Morgan fingerprint density at radius 3 is 2.53 bits per heavy atom. The fraction of sp³-hybridized carbons (Fsp3) is 0.357. The van der Waals surface area contributed by atoms with E-state index in [4.69, 9.17) is 0 Å². The average molecular weight is 201 g/mol. The summed E-state index contributed by atoms with van der Waals surface area (Å²) < 4.78 is 0. The number of nitrogens with zero attached hydrogens (tertiary/aromatic N) is 1. The molecule has 0 unspecified atom stereocenters. The third-order valence-corrected chi connectivity index (χ3v) is 2.60. The van der Waals surface area contributed by atoms with Crippen molar-refractivity contribution < 1.29 is 0 Å². The Balaban J connectivity index is 3.10. The lowest BCUT2D eigenvalue weighted by Gasteiger charge is -2.07. The molecule has 80 valence electrons. The highest BCUT2D eigenvalue weighted by atomic mass is 14.7. The lowest BCUT2D eigenvalue weighted by Crippen LogP contribution is -1.92. The van der Waals surface area contributed by atoms with Gasteiger partial charge in [-0.25, -0.2) is 0 Å². The number of aliphatic imine (C=N–C) groups is 1. The second-order valence-electron chi connectivity index (χ2n) is 3.70. The number of allylic oxidation sites excluding steroid dienone is 2. The van der Waals surface area contributed by atoms with E-state index in [-0.39, 0.29) is 0 Å². The summed E-state index contributed by atoms with van der Waals surface area (Å²) in [5.41, 5.74) is 5.09. The summed E-state index contributed by atoms with van der Waals surface area (Å²) in [6, 6.07) is 8.54. The molecule has 0 aliphatic carbocycles. The zero-order chi connectivity index (χ0) is 11.3. The quantitative estimate of drug-likeness (QED) is 0.660. The van der Waals surface area contributed by atoms with E-state index < -0.39 is 0 Å². The van der Waals surface area contributed by atoms with E-state index in [2.05, 4.69) is 49.2 Å². The van der Waals surface area contributed by atoms with Gasteiger partial charge >= 0.3 is 0 Å². The highest BCUT2D eigenvalue weighted by Crippen LogP contribution is 2.19. The highest BCUT2D eigenvalue weighted by molar-refractivity contribution is 5.99. The van der Waals surface area contributed by atoms with Crippen molar-refractivity contribution in [1.82, 2.24) is 0 Å². The number of aryl methyl sites for hydroxylation is 1. The second kappa shape index (κ2) is 5.50. The Kier molecular flexibility index (Phi) is 4.29. The molecule has 0 radical (unpaired) electrons. The Morgan fingerprint density at radius 1 is 1.27 bits per heavy atom. The van der Waals surface area contributed by atoms with Gasteiger partial charge in [-0.3, -0.25) is 4.99 Å². The van der Waals surface area contributed by atoms with E-state index in [9.17, 15) is 0 Å². The van der Waals surface area contributed by atoms with Gasteiger partial charge in [0.25, 0.3) is 0 Å². The normalized spacial score (nSPS) is 13.1. The topological polar surface area (TPSA) is 12.4 Å². The first-order valence-corrected chi connectivity index (χ1v) is 5.39. The first kappa shape index (κ1) is 11.7. The molecular weight excluding hydrogens is 182 g/mol. The van der Waals surface area contributed by atoms with Gasteiger partial charge in [0.1, 0.15) is 0 Å². The molecule has 0 saturated heterocycles. The zero-order valence-electron chi connectivity index (χ0n) is 10.0. The summed E-state index contributed by atoms with van der Waals surface area (Å²) in [5, 5.41) is 0. The molecular formula is C14H19N. The molecule has 0 atom stereocenters. The molecule has 0 saturated carbocycles. The van der Waals surface area contributed by atoms with Crippen molar-refractivity contribution in [2.45, 2.75) is 27.2 Å². The van der Waals surface area contributed by atoms with Crippen LogP contribution in [0.15, 0.2) is 35.3 Å². The van der Waals surface area contributed by atoms with Crippen molar-refractivity contribution in [3.05, 3.63) is 41.5 Å². The number of hydrogen-bond donors (Lipinski definition) is 0. The van der Waals surface area contributed by atoms with Crippen LogP contribution < -0.4 is 0 Å². The lowest BCUT2D eigenvalue weighted by atomic mass is 9.98. The largest absolute Gasteiger partial charge is 0.293 e. The first-order chi connectivity index (χ1) is 7.19. The minimum absolute atomic E-state index is 1.07. The van der Waals surface area contributed by atoms with Gasteiger partial charge in [0.15, 0.2) is 0 Å². The standard InChI is InChI=1S/C14H19N/c1-5-13-8-6-7-9-14(13)11(2)10-12(3)15-4/h6-10H,5H2,1-4H3/b11-10+,15-12?. The molecule has 1 heteroatoms. The van der Waals surface area contributed by atoms with Crippen LogP contribution in [0.2, 0.25) is 0 Å². The smallest absolute Gasteiger partial charge is 0.0316 e. The summed E-state index contributed by atoms with van der Waals surface area (Å²) >= 11 is 0. The van der Waals surface area contributed by atoms with Crippen LogP contribution >= 0.6 is 0 Å². The van der Waals surface area contributed by atoms with Crippen molar-refractivity contribution in [2.75, 3.05) is 7.05 Å². The molecule has 0 N–H and O–H groups in total. The van der Waals surface area contributed by atoms with Crippen molar-refractivity contribution in [2.24, 2.45) is 4.99 Å². The molecule has 1 nitrogen and oxygen atoms in total. The van der Waals surface area contributed by atoms with Crippen LogP contribution in [0.5, 0.6) is 0 Å². The van der Waals surface area contributed by atoms with E-state index in [0.29, 0.717) is 0 Å². The molecule has 0 fully saturated rings. The molecule has 0 heterocycles. The predicted octanol–water partition coefficient (Wildman–Crippen LogP) is 3.74. The summed E-state index contributed by atoms with van der Waals surface area (Å²) in [6.07, 6.45) is 3.21. The molecule has 0 aliphatic heterocycles. The molecule has 0 amide bonds. The Hall–Kier alpha value is -1.37.